The standard InChI is InChI=1S/C12H23N3O3.ClH/c1-7(2)5-9(13)10(16)11-14-15(6-8(3)4)12(17)18-11;/h7-10,16H,5-6,13H2,1-4H3;1H/t9-,10?;/m0./s1. The number of aromatic nitrogens is 2. The van der Waals surface area contributed by atoms with Crippen molar-refractivity contribution in [3.63, 3.8) is 0 Å². The third kappa shape index (κ3) is 5.34. The number of halogens is 1. The highest BCUT2D eigenvalue weighted by atomic mass is 35.5. The number of hydrogen-bond donors (Lipinski definition) is 2. The molecule has 0 aromatic carbocycles. The predicted octanol–water partition coefficient (Wildman–Crippen LogP) is 1.32. The van der Waals surface area contributed by atoms with E-state index in [-0.39, 0.29) is 24.2 Å². The summed E-state index contributed by atoms with van der Waals surface area (Å²) in [6.07, 6.45) is -0.393. The van der Waals surface area contributed by atoms with Crippen LogP contribution in [-0.2, 0) is 6.54 Å². The van der Waals surface area contributed by atoms with E-state index in [9.17, 15) is 9.90 Å². The molecular weight excluding hydrogens is 270 g/mol. The fraction of sp³-hybridized carbons (Fsp3) is 0.833. The minimum atomic E-state index is -1.03. The Balaban J connectivity index is 0.00000324. The molecule has 0 saturated heterocycles. The van der Waals surface area contributed by atoms with Crippen molar-refractivity contribution in [3.05, 3.63) is 16.4 Å². The monoisotopic (exact) mass is 293 g/mol. The Morgan fingerprint density at radius 2 is 1.89 bits per heavy atom. The molecule has 0 spiro atoms. The van der Waals surface area contributed by atoms with E-state index in [1.54, 1.807) is 0 Å². The summed E-state index contributed by atoms with van der Waals surface area (Å²) in [6, 6.07) is -0.476. The fourth-order valence-electron chi connectivity index (χ4n) is 1.76. The summed E-state index contributed by atoms with van der Waals surface area (Å²) in [5, 5.41) is 14.0. The van der Waals surface area contributed by atoms with Crippen LogP contribution in [0.2, 0.25) is 0 Å². The van der Waals surface area contributed by atoms with E-state index in [1.165, 1.54) is 4.68 Å². The van der Waals surface area contributed by atoms with E-state index in [1.807, 2.05) is 27.7 Å². The Labute approximate surface area is 119 Å². The first-order valence-electron chi connectivity index (χ1n) is 6.32. The first-order valence-corrected chi connectivity index (χ1v) is 6.32. The molecule has 0 aliphatic carbocycles. The molecule has 1 aromatic heterocycles. The lowest BCUT2D eigenvalue weighted by atomic mass is 10.0. The van der Waals surface area contributed by atoms with Crippen molar-refractivity contribution in [2.45, 2.75) is 52.8 Å². The van der Waals surface area contributed by atoms with Crippen LogP contribution in [0.1, 0.15) is 46.1 Å². The van der Waals surface area contributed by atoms with Crippen LogP contribution in [0, 0.1) is 11.8 Å². The summed E-state index contributed by atoms with van der Waals surface area (Å²) in [7, 11) is 0. The summed E-state index contributed by atoms with van der Waals surface area (Å²) in [5.41, 5.74) is 5.85. The van der Waals surface area contributed by atoms with E-state index in [0.29, 0.717) is 18.9 Å². The molecule has 7 heteroatoms. The van der Waals surface area contributed by atoms with E-state index < -0.39 is 17.9 Å². The molecule has 19 heavy (non-hydrogen) atoms. The second-order valence-corrected chi connectivity index (χ2v) is 5.52. The minimum absolute atomic E-state index is 0. The van der Waals surface area contributed by atoms with Gasteiger partial charge < -0.3 is 15.3 Å². The summed E-state index contributed by atoms with van der Waals surface area (Å²) in [4.78, 5) is 11.5. The molecule has 1 unspecified atom stereocenters. The number of hydrogen-bond acceptors (Lipinski definition) is 5. The van der Waals surface area contributed by atoms with Gasteiger partial charge in [-0.15, -0.1) is 17.5 Å². The van der Waals surface area contributed by atoms with Gasteiger partial charge in [0.25, 0.3) is 0 Å². The molecule has 1 rings (SSSR count). The topological polar surface area (TPSA) is 94.3 Å². The summed E-state index contributed by atoms with van der Waals surface area (Å²) in [6.45, 7) is 8.44. The van der Waals surface area contributed by atoms with Crippen LogP contribution < -0.4 is 11.5 Å². The van der Waals surface area contributed by atoms with Gasteiger partial charge in [0.15, 0.2) is 0 Å². The quantitative estimate of drug-likeness (QED) is 0.825. The zero-order valence-electron chi connectivity index (χ0n) is 11.9. The maximum Gasteiger partial charge on any atom is 0.437 e. The zero-order chi connectivity index (χ0) is 13.9. The lowest BCUT2D eigenvalue weighted by molar-refractivity contribution is 0.105. The van der Waals surface area contributed by atoms with Gasteiger partial charge in [0, 0.05) is 6.04 Å². The molecule has 0 saturated carbocycles. The fourth-order valence-corrected chi connectivity index (χ4v) is 1.76. The molecule has 0 bridgehead atoms. The van der Waals surface area contributed by atoms with Crippen molar-refractivity contribution in [2.75, 3.05) is 0 Å². The van der Waals surface area contributed by atoms with Gasteiger partial charge >= 0.3 is 5.76 Å². The van der Waals surface area contributed by atoms with Crippen LogP contribution >= 0.6 is 12.4 Å². The Kier molecular flexibility index (Phi) is 7.33. The van der Waals surface area contributed by atoms with Crippen molar-refractivity contribution < 1.29 is 9.52 Å². The first kappa shape index (κ1) is 18.1. The van der Waals surface area contributed by atoms with Gasteiger partial charge in [-0.3, -0.25) is 0 Å². The molecule has 2 atom stereocenters. The summed E-state index contributed by atoms with van der Waals surface area (Å²) >= 11 is 0. The van der Waals surface area contributed by atoms with Crippen molar-refractivity contribution in [1.82, 2.24) is 9.78 Å². The Morgan fingerprint density at radius 3 is 2.37 bits per heavy atom. The van der Waals surface area contributed by atoms with Gasteiger partial charge in [0.2, 0.25) is 5.89 Å². The van der Waals surface area contributed by atoms with Crippen LogP contribution in [0.4, 0.5) is 0 Å². The lowest BCUT2D eigenvalue weighted by Crippen LogP contribution is -2.30. The molecule has 3 N–H and O–H groups in total. The number of nitrogens with two attached hydrogens (primary N) is 1. The third-order valence-corrected chi connectivity index (χ3v) is 2.56. The third-order valence-electron chi connectivity index (χ3n) is 2.56. The Bertz CT molecular complexity index is 428. The maximum absolute atomic E-state index is 11.5. The highest BCUT2D eigenvalue weighted by Crippen LogP contribution is 2.17. The van der Waals surface area contributed by atoms with Crippen molar-refractivity contribution in [2.24, 2.45) is 17.6 Å². The van der Waals surface area contributed by atoms with E-state index in [0.717, 1.165) is 0 Å². The van der Waals surface area contributed by atoms with Crippen LogP contribution in [-0.4, -0.2) is 20.9 Å². The molecule has 0 fully saturated rings. The lowest BCUT2D eigenvalue weighted by Gasteiger charge is -2.17. The average Bonchev–Trinajstić information content (AvgIpc) is 2.57. The highest BCUT2D eigenvalue weighted by Gasteiger charge is 2.24. The van der Waals surface area contributed by atoms with Gasteiger partial charge in [0.1, 0.15) is 6.10 Å². The first-order chi connectivity index (χ1) is 8.31. The van der Waals surface area contributed by atoms with E-state index in [2.05, 4.69) is 5.10 Å². The van der Waals surface area contributed by atoms with Crippen LogP contribution in [0.3, 0.4) is 0 Å². The number of aliphatic hydroxyl groups is 1. The molecule has 0 amide bonds. The van der Waals surface area contributed by atoms with Crippen molar-refractivity contribution in [3.8, 4) is 0 Å². The second kappa shape index (κ2) is 7.67. The average molecular weight is 294 g/mol. The molecule has 0 aliphatic heterocycles. The van der Waals surface area contributed by atoms with Gasteiger partial charge in [-0.2, -0.15) is 4.68 Å². The molecule has 1 heterocycles. The van der Waals surface area contributed by atoms with Crippen LogP contribution in [0.5, 0.6) is 0 Å². The van der Waals surface area contributed by atoms with Crippen LogP contribution in [0.15, 0.2) is 9.21 Å². The predicted molar refractivity (Wildman–Crippen MR) is 75.2 cm³/mol. The second-order valence-electron chi connectivity index (χ2n) is 5.52. The molecule has 0 aliphatic rings. The summed E-state index contributed by atoms with van der Waals surface area (Å²) < 4.78 is 6.17. The van der Waals surface area contributed by atoms with Crippen molar-refractivity contribution >= 4 is 12.4 Å². The van der Waals surface area contributed by atoms with Crippen molar-refractivity contribution in [1.29, 1.82) is 0 Å². The zero-order valence-corrected chi connectivity index (χ0v) is 12.7. The highest BCUT2D eigenvalue weighted by molar-refractivity contribution is 5.85. The normalized spacial score (nSPS) is 14.5. The van der Waals surface area contributed by atoms with Gasteiger partial charge in [-0.25, -0.2) is 4.79 Å². The molecule has 1 aromatic rings. The maximum atomic E-state index is 11.5. The minimum Gasteiger partial charge on any atom is -0.389 e. The summed E-state index contributed by atoms with van der Waals surface area (Å²) in [5.74, 6) is 0.101. The van der Waals surface area contributed by atoms with Gasteiger partial charge in [-0.1, -0.05) is 27.7 Å². The molecular formula is C12H24ClN3O3. The number of aliphatic hydroxyl groups excluding tert-OH is 1. The van der Waals surface area contributed by atoms with Gasteiger partial charge in [0.05, 0.1) is 6.54 Å². The Hall–Kier alpha value is -0.850. The SMILES string of the molecule is CC(C)C[C@H](N)C(O)c1nn(CC(C)C)c(=O)o1.Cl. The largest absolute Gasteiger partial charge is 0.437 e. The Morgan fingerprint density at radius 1 is 1.32 bits per heavy atom. The van der Waals surface area contributed by atoms with E-state index >= 15 is 0 Å². The molecule has 6 nitrogen and oxygen atoms in total. The smallest absolute Gasteiger partial charge is 0.389 e. The molecule has 112 valence electrons. The number of rotatable bonds is 6. The molecule has 0 radical (unpaired) electrons. The van der Waals surface area contributed by atoms with Gasteiger partial charge in [-0.05, 0) is 18.3 Å². The van der Waals surface area contributed by atoms with E-state index in [4.69, 9.17) is 10.2 Å². The van der Waals surface area contributed by atoms with Crippen LogP contribution in [0.25, 0.3) is 0 Å². The number of nitrogens with zero attached hydrogens (tertiary/aromatic N) is 2.